The Morgan fingerprint density at radius 3 is 2.53 bits per heavy atom. The monoisotopic (exact) mass is 241 g/mol. The Balaban J connectivity index is 2.07. The Morgan fingerprint density at radius 1 is 1.29 bits per heavy atom. The molecule has 17 heavy (non-hydrogen) atoms. The number of piperidine rings is 1. The molecule has 4 heteroatoms. The van der Waals surface area contributed by atoms with Crippen molar-refractivity contribution in [1.29, 1.82) is 0 Å². The minimum atomic E-state index is -0.442. The first-order chi connectivity index (χ1) is 7.92. The number of rotatable bonds is 1. The van der Waals surface area contributed by atoms with Gasteiger partial charge in [-0.25, -0.2) is 4.79 Å². The third kappa shape index (κ3) is 2.57. The number of ether oxygens (including phenoxy) is 1. The van der Waals surface area contributed by atoms with E-state index in [0.717, 1.165) is 25.7 Å². The van der Waals surface area contributed by atoms with Gasteiger partial charge in [0.1, 0.15) is 5.60 Å². The van der Waals surface area contributed by atoms with Crippen molar-refractivity contribution in [3.05, 3.63) is 0 Å². The highest BCUT2D eigenvalue weighted by atomic mass is 16.6. The molecule has 0 spiro atoms. The number of hydrogen-bond donors (Lipinski definition) is 1. The molecule has 2 heterocycles. The summed E-state index contributed by atoms with van der Waals surface area (Å²) in [5.41, 5.74) is -0.442. The fraction of sp³-hybridized carbons (Fsp3) is 0.923. The number of aliphatic hydroxyl groups is 1. The number of amides is 1. The van der Waals surface area contributed by atoms with Gasteiger partial charge in [0.05, 0.1) is 0 Å². The standard InChI is InChI=1S/C13H23NO3/c1-13(2,3)17-12(16)14-10-5-4-9(8-15)11(14)7-6-10/h9-11,15H,4-8H2,1-3H3. The molecule has 2 saturated heterocycles. The van der Waals surface area contributed by atoms with Gasteiger partial charge >= 0.3 is 6.09 Å². The zero-order chi connectivity index (χ0) is 12.6. The summed E-state index contributed by atoms with van der Waals surface area (Å²) in [6, 6.07) is 0.520. The van der Waals surface area contributed by atoms with E-state index in [-0.39, 0.29) is 24.7 Å². The second-order valence-electron chi connectivity index (χ2n) is 6.21. The van der Waals surface area contributed by atoms with Crippen LogP contribution in [0.3, 0.4) is 0 Å². The van der Waals surface area contributed by atoms with Crippen LogP contribution in [0.25, 0.3) is 0 Å². The Morgan fingerprint density at radius 2 is 1.94 bits per heavy atom. The second kappa shape index (κ2) is 4.48. The van der Waals surface area contributed by atoms with Crippen LogP contribution in [0.15, 0.2) is 0 Å². The highest BCUT2D eigenvalue weighted by Gasteiger charge is 2.45. The molecule has 4 nitrogen and oxygen atoms in total. The molecule has 0 radical (unpaired) electrons. The van der Waals surface area contributed by atoms with E-state index in [1.54, 1.807) is 0 Å². The van der Waals surface area contributed by atoms with Gasteiger partial charge < -0.3 is 14.7 Å². The Hall–Kier alpha value is -0.770. The molecule has 0 saturated carbocycles. The number of carbonyl (C=O) groups excluding carboxylic acids is 1. The summed E-state index contributed by atoms with van der Waals surface area (Å²) in [5, 5.41) is 9.36. The molecule has 2 aliphatic rings. The fourth-order valence-corrected chi connectivity index (χ4v) is 3.07. The summed E-state index contributed by atoms with van der Waals surface area (Å²) >= 11 is 0. The first-order valence-corrected chi connectivity index (χ1v) is 6.54. The summed E-state index contributed by atoms with van der Waals surface area (Å²) in [6.07, 6.45) is 3.89. The third-order valence-corrected chi connectivity index (χ3v) is 3.80. The maximum absolute atomic E-state index is 12.2. The molecule has 2 rings (SSSR count). The van der Waals surface area contributed by atoms with Gasteiger partial charge in [-0.3, -0.25) is 0 Å². The number of carbonyl (C=O) groups is 1. The van der Waals surface area contributed by atoms with Crippen LogP contribution >= 0.6 is 0 Å². The van der Waals surface area contributed by atoms with Crippen molar-refractivity contribution in [3.63, 3.8) is 0 Å². The van der Waals surface area contributed by atoms with Crippen LogP contribution in [0.2, 0.25) is 0 Å². The van der Waals surface area contributed by atoms with Crippen LogP contribution in [0.4, 0.5) is 4.79 Å². The Kier molecular flexibility index (Phi) is 3.34. The number of hydrogen-bond acceptors (Lipinski definition) is 3. The predicted octanol–water partition coefficient (Wildman–Crippen LogP) is 2.16. The van der Waals surface area contributed by atoms with Gasteiger partial charge in [0.15, 0.2) is 0 Å². The molecule has 3 atom stereocenters. The lowest BCUT2D eigenvalue weighted by Gasteiger charge is -2.39. The smallest absolute Gasteiger partial charge is 0.410 e. The molecule has 0 aromatic rings. The van der Waals surface area contributed by atoms with Gasteiger partial charge in [0, 0.05) is 24.6 Å². The largest absolute Gasteiger partial charge is 0.444 e. The highest BCUT2D eigenvalue weighted by Crippen LogP contribution is 2.39. The van der Waals surface area contributed by atoms with Gasteiger partial charge in [0.25, 0.3) is 0 Å². The van der Waals surface area contributed by atoms with E-state index in [9.17, 15) is 9.90 Å². The maximum Gasteiger partial charge on any atom is 0.410 e. The molecule has 2 aliphatic heterocycles. The van der Waals surface area contributed by atoms with E-state index >= 15 is 0 Å². The second-order valence-corrected chi connectivity index (χ2v) is 6.21. The Bertz CT molecular complexity index is 298. The van der Waals surface area contributed by atoms with Gasteiger partial charge in [-0.05, 0) is 46.5 Å². The van der Waals surface area contributed by atoms with Crippen molar-refractivity contribution in [2.45, 2.75) is 64.1 Å². The van der Waals surface area contributed by atoms with Gasteiger partial charge in [-0.1, -0.05) is 0 Å². The van der Waals surface area contributed by atoms with E-state index < -0.39 is 5.60 Å². The molecule has 98 valence electrons. The normalized spacial score (nSPS) is 32.7. The molecular formula is C13H23NO3. The lowest BCUT2D eigenvalue weighted by molar-refractivity contribution is -0.00717. The van der Waals surface area contributed by atoms with Crippen molar-refractivity contribution in [2.24, 2.45) is 5.92 Å². The summed E-state index contributed by atoms with van der Waals surface area (Å²) in [5.74, 6) is 0.237. The molecular weight excluding hydrogens is 218 g/mol. The molecule has 3 unspecified atom stereocenters. The summed E-state index contributed by atoms with van der Waals surface area (Å²) in [4.78, 5) is 14.0. The minimum absolute atomic E-state index is 0.177. The molecule has 1 amide bonds. The average Bonchev–Trinajstić information content (AvgIpc) is 2.52. The van der Waals surface area contributed by atoms with E-state index in [4.69, 9.17) is 4.74 Å². The lowest BCUT2D eigenvalue weighted by Crippen LogP contribution is -2.50. The first kappa shape index (κ1) is 12.7. The van der Waals surface area contributed by atoms with Crippen molar-refractivity contribution >= 4 is 6.09 Å². The lowest BCUT2D eigenvalue weighted by atomic mass is 9.91. The zero-order valence-electron chi connectivity index (χ0n) is 11.0. The molecule has 1 N–H and O–H groups in total. The number of aliphatic hydroxyl groups excluding tert-OH is 1. The van der Waals surface area contributed by atoms with Crippen molar-refractivity contribution in [2.75, 3.05) is 6.61 Å². The molecule has 2 fully saturated rings. The predicted molar refractivity (Wildman–Crippen MR) is 64.7 cm³/mol. The van der Waals surface area contributed by atoms with Crippen LogP contribution in [-0.2, 0) is 4.74 Å². The highest BCUT2D eigenvalue weighted by molar-refractivity contribution is 5.69. The van der Waals surface area contributed by atoms with Crippen molar-refractivity contribution in [3.8, 4) is 0 Å². The van der Waals surface area contributed by atoms with E-state index in [0.29, 0.717) is 6.04 Å². The van der Waals surface area contributed by atoms with E-state index in [1.807, 2.05) is 25.7 Å². The summed E-state index contributed by atoms with van der Waals surface area (Å²) in [6.45, 7) is 5.84. The van der Waals surface area contributed by atoms with Crippen molar-refractivity contribution < 1.29 is 14.6 Å². The summed E-state index contributed by atoms with van der Waals surface area (Å²) < 4.78 is 5.46. The molecule has 0 aromatic carbocycles. The topological polar surface area (TPSA) is 49.8 Å². The SMILES string of the molecule is CC(C)(C)OC(=O)N1C2CCC(CO)C1CC2. The first-order valence-electron chi connectivity index (χ1n) is 6.54. The van der Waals surface area contributed by atoms with Crippen LogP contribution in [0.5, 0.6) is 0 Å². The van der Waals surface area contributed by atoms with Gasteiger partial charge in [-0.15, -0.1) is 0 Å². The number of nitrogens with zero attached hydrogens (tertiary/aromatic N) is 1. The zero-order valence-corrected chi connectivity index (χ0v) is 11.0. The average molecular weight is 241 g/mol. The van der Waals surface area contributed by atoms with E-state index in [1.165, 1.54) is 0 Å². The Labute approximate surface area is 103 Å². The fourth-order valence-electron chi connectivity index (χ4n) is 3.07. The third-order valence-electron chi connectivity index (χ3n) is 3.80. The molecule has 0 aromatic heterocycles. The molecule has 0 aliphatic carbocycles. The maximum atomic E-state index is 12.2. The van der Waals surface area contributed by atoms with Crippen LogP contribution in [0.1, 0.15) is 46.5 Å². The summed E-state index contributed by atoms with van der Waals surface area (Å²) in [7, 11) is 0. The molecule has 2 bridgehead atoms. The quantitative estimate of drug-likeness (QED) is 0.765. The van der Waals surface area contributed by atoms with Crippen LogP contribution in [-0.4, -0.2) is 40.4 Å². The van der Waals surface area contributed by atoms with Gasteiger partial charge in [0.2, 0.25) is 0 Å². The number of fused-ring (bicyclic) bond motifs is 2. The van der Waals surface area contributed by atoms with Gasteiger partial charge in [-0.2, -0.15) is 0 Å². The minimum Gasteiger partial charge on any atom is -0.444 e. The van der Waals surface area contributed by atoms with E-state index in [2.05, 4.69) is 0 Å². The van der Waals surface area contributed by atoms with Crippen LogP contribution in [0, 0.1) is 5.92 Å². The van der Waals surface area contributed by atoms with Crippen molar-refractivity contribution in [1.82, 2.24) is 4.90 Å². The van der Waals surface area contributed by atoms with Crippen LogP contribution < -0.4 is 0 Å².